The number of benzene rings is 1. The van der Waals surface area contributed by atoms with Crippen LogP contribution >= 0.6 is 23.4 Å². The molecule has 0 aromatic heterocycles. The summed E-state index contributed by atoms with van der Waals surface area (Å²) < 4.78 is 5.39. The number of nitrogens with one attached hydrogen (secondary N) is 2. The molecule has 8 nitrogen and oxygen atoms in total. The molecule has 1 aromatic rings. The number of halogens is 1. The molecule has 2 fully saturated rings. The Hall–Kier alpha value is -2.23. The molecule has 2 aliphatic heterocycles. The van der Waals surface area contributed by atoms with Gasteiger partial charge in [0.2, 0.25) is 0 Å². The molecule has 0 aliphatic carbocycles. The van der Waals surface area contributed by atoms with Gasteiger partial charge < -0.3 is 19.9 Å². The number of likely N-dealkylation sites (N-methyl/N-ethyl adjacent to an activating group) is 1. The number of amides is 3. The lowest BCUT2D eigenvalue weighted by atomic mass is 10.0. The Balaban J connectivity index is 1.63. The summed E-state index contributed by atoms with van der Waals surface area (Å²) >= 11 is 7.47. The van der Waals surface area contributed by atoms with Crippen molar-refractivity contribution in [2.75, 3.05) is 38.1 Å². The number of ether oxygens (including phenoxy) is 1. The van der Waals surface area contributed by atoms with E-state index in [1.54, 1.807) is 18.0 Å². The van der Waals surface area contributed by atoms with Gasteiger partial charge in [-0.15, -0.1) is 0 Å². The van der Waals surface area contributed by atoms with E-state index in [0.29, 0.717) is 23.0 Å². The minimum atomic E-state index is -0.518. The number of anilines is 1. The number of hydrogen-bond donors (Lipinski definition) is 2. The zero-order valence-electron chi connectivity index (χ0n) is 19.4. The standard InChI is InChI=1S/C23H31ClN4O4S/c1-23(2,3)32-22(31)27(4)12-10-25-16-8-6-11-28(14-16)19-15(7-5-9-17(19)24)13-18-20(29)26-21(30)33-18/h5,7,9,13,16,25H,6,8,10-12,14H2,1-4H3,(H,26,29,30)/b18-13-/t16-/m1/s1. The Morgan fingerprint density at radius 1 is 1.39 bits per heavy atom. The van der Waals surface area contributed by atoms with Crippen molar-refractivity contribution in [3.63, 3.8) is 0 Å². The van der Waals surface area contributed by atoms with Crippen LogP contribution in [0.15, 0.2) is 23.1 Å². The van der Waals surface area contributed by atoms with Crippen LogP contribution in [0.2, 0.25) is 5.02 Å². The van der Waals surface area contributed by atoms with Crippen molar-refractivity contribution in [2.45, 2.75) is 45.3 Å². The normalized spacial score (nSPS) is 20.2. The van der Waals surface area contributed by atoms with Gasteiger partial charge in [-0.2, -0.15) is 0 Å². The van der Waals surface area contributed by atoms with Crippen molar-refractivity contribution in [1.82, 2.24) is 15.5 Å². The monoisotopic (exact) mass is 494 g/mol. The Bertz CT molecular complexity index is 947. The zero-order valence-corrected chi connectivity index (χ0v) is 21.0. The van der Waals surface area contributed by atoms with Gasteiger partial charge in [-0.05, 0) is 57.5 Å². The van der Waals surface area contributed by atoms with Crippen molar-refractivity contribution in [3.8, 4) is 0 Å². The van der Waals surface area contributed by atoms with Gasteiger partial charge in [-0.1, -0.05) is 23.7 Å². The molecule has 0 saturated carbocycles. The second kappa shape index (κ2) is 10.8. The second-order valence-corrected chi connectivity index (χ2v) is 10.6. The van der Waals surface area contributed by atoms with E-state index >= 15 is 0 Å². The highest BCUT2D eigenvalue weighted by molar-refractivity contribution is 8.18. The van der Waals surface area contributed by atoms with Crippen LogP contribution in [0.5, 0.6) is 0 Å². The van der Waals surface area contributed by atoms with E-state index in [2.05, 4.69) is 15.5 Å². The number of carbonyl (C=O) groups is 3. The van der Waals surface area contributed by atoms with Crippen LogP contribution in [0, 0.1) is 0 Å². The summed E-state index contributed by atoms with van der Waals surface area (Å²) in [5, 5.41) is 6.05. The van der Waals surface area contributed by atoms with Crippen LogP contribution in [0.4, 0.5) is 15.3 Å². The average molecular weight is 495 g/mol. The van der Waals surface area contributed by atoms with Crippen LogP contribution in [-0.4, -0.2) is 67.0 Å². The number of carbonyl (C=O) groups excluding carboxylic acids is 3. The van der Waals surface area contributed by atoms with E-state index in [0.717, 1.165) is 48.9 Å². The van der Waals surface area contributed by atoms with Crippen molar-refractivity contribution >= 4 is 52.4 Å². The molecule has 180 valence electrons. The highest BCUT2D eigenvalue weighted by Crippen LogP contribution is 2.35. The molecule has 3 rings (SSSR count). The number of imide groups is 1. The molecular formula is C23H31ClN4O4S. The largest absolute Gasteiger partial charge is 0.444 e. The van der Waals surface area contributed by atoms with Gasteiger partial charge in [0.05, 0.1) is 15.6 Å². The van der Waals surface area contributed by atoms with Crippen molar-refractivity contribution in [3.05, 3.63) is 33.7 Å². The highest BCUT2D eigenvalue weighted by Gasteiger charge is 2.27. The Kier molecular flexibility index (Phi) is 8.31. The summed E-state index contributed by atoms with van der Waals surface area (Å²) in [5.74, 6) is -0.386. The van der Waals surface area contributed by atoms with Gasteiger partial charge >= 0.3 is 6.09 Å². The van der Waals surface area contributed by atoms with E-state index in [1.165, 1.54) is 0 Å². The minimum absolute atomic E-state index is 0.230. The molecule has 2 aliphatic rings. The maximum absolute atomic E-state index is 12.1. The van der Waals surface area contributed by atoms with Crippen molar-refractivity contribution in [1.29, 1.82) is 0 Å². The summed E-state index contributed by atoms with van der Waals surface area (Å²) in [5.41, 5.74) is 1.15. The molecule has 0 spiro atoms. The Labute approximate surface area is 204 Å². The number of thioether (sulfide) groups is 1. The number of para-hydroxylation sites is 1. The molecule has 2 N–H and O–H groups in total. The first-order valence-corrected chi connectivity index (χ1v) is 12.2. The van der Waals surface area contributed by atoms with E-state index < -0.39 is 5.60 Å². The molecule has 33 heavy (non-hydrogen) atoms. The predicted molar refractivity (Wildman–Crippen MR) is 133 cm³/mol. The first-order chi connectivity index (χ1) is 15.5. The zero-order chi connectivity index (χ0) is 24.2. The third-order valence-electron chi connectivity index (χ3n) is 5.27. The van der Waals surface area contributed by atoms with Gasteiger partial charge in [0.25, 0.3) is 11.1 Å². The molecule has 0 radical (unpaired) electrons. The van der Waals surface area contributed by atoms with Gasteiger partial charge in [0.1, 0.15) is 5.60 Å². The summed E-state index contributed by atoms with van der Waals surface area (Å²) in [7, 11) is 1.73. The second-order valence-electron chi connectivity index (χ2n) is 9.17. The van der Waals surface area contributed by atoms with Crippen molar-refractivity contribution in [2.24, 2.45) is 0 Å². The van der Waals surface area contributed by atoms with Crippen LogP contribution in [0.25, 0.3) is 6.08 Å². The molecular weight excluding hydrogens is 464 g/mol. The lowest BCUT2D eigenvalue weighted by Crippen LogP contribution is -2.48. The molecule has 1 aromatic carbocycles. The number of rotatable bonds is 6. The first-order valence-electron chi connectivity index (χ1n) is 11.0. The van der Waals surface area contributed by atoms with Gasteiger partial charge in [0.15, 0.2) is 0 Å². The summed E-state index contributed by atoms with van der Waals surface area (Å²) in [6.07, 6.45) is 3.38. The predicted octanol–water partition coefficient (Wildman–Crippen LogP) is 4.09. The number of hydrogen-bond acceptors (Lipinski definition) is 7. The lowest BCUT2D eigenvalue weighted by molar-refractivity contribution is -0.115. The van der Waals surface area contributed by atoms with Gasteiger partial charge in [-0.3, -0.25) is 14.9 Å². The van der Waals surface area contributed by atoms with Crippen LogP contribution in [0.1, 0.15) is 39.2 Å². The quantitative estimate of drug-likeness (QED) is 0.575. The highest BCUT2D eigenvalue weighted by atomic mass is 35.5. The molecule has 2 saturated heterocycles. The third kappa shape index (κ3) is 7.12. The molecule has 0 bridgehead atoms. The van der Waals surface area contributed by atoms with Crippen LogP contribution in [0.3, 0.4) is 0 Å². The topological polar surface area (TPSA) is 91.0 Å². The fraction of sp³-hybridized carbons (Fsp3) is 0.522. The number of piperidine rings is 1. The van der Waals surface area contributed by atoms with E-state index in [9.17, 15) is 14.4 Å². The maximum atomic E-state index is 12.1. The van der Waals surface area contributed by atoms with E-state index in [-0.39, 0.29) is 23.3 Å². The lowest BCUT2D eigenvalue weighted by Gasteiger charge is -2.36. The van der Waals surface area contributed by atoms with Crippen LogP contribution in [-0.2, 0) is 9.53 Å². The fourth-order valence-electron chi connectivity index (χ4n) is 3.76. The molecule has 3 amide bonds. The first kappa shape index (κ1) is 25.4. The molecule has 0 unspecified atom stereocenters. The third-order valence-corrected chi connectivity index (χ3v) is 6.39. The van der Waals surface area contributed by atoms with Crippen LogP contribution < -0.4 is 15.5 Å². The molecule has 2 heterocycles. The van der Waals surface area contributed by atoms with Gasteiger partial charge in [0, 0.05) is 44.8 Å². The smallest absolute Gasteiger partial charge is 0.410 e. The van der Waals surface area contributed by atoms with E-state index in [1.807, 2.05) is 39.0 Å². The summed E-state index contributed by atoms with van der Waals surface area (Å²) in [6.45, 7) is 8.32. The molecule has 1 atom stereocenters. The van der Waals surface area contributed by atoms with Crippen molar-refractivity contribution < 1.29 is 19.1 Å². The maximum Gasteiger partial charge on any atom is 0.410 e. The van der Waals surface area contributed by atoms with E-state index in [4.69, 9.17) is 16.3 Å². The summed E-state index contributed by atoms with van der Waals surface area (Å²) in [4.78, 5) is 39.8. The average Bonchev–Trinajstić information content (AvgIpc) is 3.03. The Morgan fingerprint density at radius 2 is 2.15 bits per heavy atom. The van der Waals surface area contributed by atoms with Gasteiger partial charge in [-0.25, -0.2) is 4.79 Å². The SMILES string of the molecule is CN(CCN[C@@H]1CCCN(c2c(Cl)cccc2/C=C2\SC(=O)NC2=O)C1)C(=O)OC(C)(C)C. The summed E-state index contributed by atoms with van der Waals surface area (Å²) in [6, 6.07) is 5.80. The molecule has 10 heteroatoms. The minimum Gasteiger partial charge on any atom is -0.444 e. The number of nitrogens with zero attached hydrogens (tertiary/aromatic N) is 2. The fourth-order valence-corrected chi connectivity index (χ4v) is 4.73. The Morgan fingerprint density at radius 3 is 2.82 bits per heavy atom.